The first-order chi connectivity index (χ1) is 7.72. The van der Waals surface area contributed by atoms with Crippen LogP contribution in [0.5, 0.6) is 0 Å². The van der Waals surface area contributed by atoms with Crippen LogP contribution in [-0.4, -0.2) is 31.6 Å². The molecular weight excluding hydrogens is 200 g/mol. The highest BCUT2D eigenvalue weighted by Crippen LogP contribution is 2.08. The summed E-state index contributed by atoms with van der Waals surface area (Å²) in [5.41, 5.74) is 0. The molecule has 0 fully saturated rings. The standard InChI is InChI=1S/C13H24N2O/c1-4-8-14-9-5-10-15(3)11-13-7-6-12(2)16-13/h6-7,14H,4-5,8-11H2,1-3H3. The van der Waals surface area contributed by atoms with Crippen molar-refractivity contribution in [3.63, 3.8) is 0 Å². The van der Waals surface area contributed by atoms with Crippen LogP contribution in [0.3, 0.4) is 0 Å². The van der Waals surface area contributed by atoms with Crippen LogP contribution < -0.4 is 5.32 Å². The molecule has 0 atom stereocenters. The highest BCUT2D eigenvalue weighted by Gasteiger charge is 2.03. The van der Waals surface area contributed by atoms with Gasteiger partial charge in [0.25, 0.3) is 0 Å². The minimum absolute atomic E-state index is 0.904. The number of nitrogens with one attached hydrogen (secondary N) is 1. The summed E-state index contributed by atoms with van der Waals surface area (Å²) in [5, 5.41) is 3.41. The van der Waals surface area contributed by atoms with Crippen LogP contribution in [-0.2, 0) is 6.54 Å². The quantitative estimate of drug-likeness (QED) is 0.687. The highest BCUT2D eigenvalue weighted by atomic mass is 16.3. The lowest BCUT2D eigenvalue weighted by Gasteiger charge is -2.14. The number of hydrogen-bond acceptors (Lipinski definition) is 3. The molecular formula is C13H24N2O. The molecule has 0 bridgehead atoms. The van der Waals surface area contributed by atoms with Gasteiger partial charge in [0.15, 0.2) is 0 Å². The summed E-state index contributed by atoms with van der Waals surface area (Å²) in [5.74, 6) is 2.05. The van der Waals surface area contributed by atoms with Crippen molar-refractivity contribution in [2.24, 2.45) is 0 Å². The molecule has 0 unspecified atom stereocenters. The van der Waals surface area contributed by atoms with Gasteiger partial charge in [-0.1, -0.05) is 6.92 Å². The van der Waals surface area contributed by atoms with Crippen molar-refractivity contribution in [2.45, 2.75) is 33.2 Å². The van der Waals surface area contributed by atoms with E-state index in [1.807, 2.05) is 13.0 Å². The van der Waals surface area contributed by atoms with Gasteiger partial charge in [0.05, 0.1) is 6.54 Å². The van der Waals surface area contributed by atoms with Gasteiger partial charge in [-0.3, -0.25) is 4.90 Å². The molecule has 0 amide bonds. The van der Waals surface area contributed by atoms with E-state index in [1.54, 1.807) is 0 Å². The molecule has 0 radical (unpaired) electrons. The fourth-order valence-corrected chi connectivity index (χ4v) is 1.69. The first-order valence-electron chi connectivity index (χ1n) is 6.17. The molecule has 1 N–H and O–H groups in total. The van der Waals surface area contributed by atoms with Crippen molar-refractivity contribution in [1.29, 1.82) is 0 Å². The van der Waals surface area contributed by atoms with Crippen molar-refractivity contribution in [3.05, 3.63) is 23.7 Å². The lowest BCUT2D eigenvalue weighted by Crippen LogP contribution is -2.24. The molecule has 0 spiro atoms. The zero-order valence-corrected chi connectivity index (χ0v) is 10.8. The summed E-state index contributed by atoms with van der Waals surface area (Å²) in [6, 6.07) is 4.08. The minimum atomic E-state index is 0.904. The predicted octanol–water partition coefficient (Wildman–Crippen LogP) is 2.41. The van der Waals surface area contributed by atoms with E-state index in [9.17, 15) is 0 Å². The second-order valence-electron chi connectivity index (χ2n) is 4.35. The molecule has 3 nitrogen and oxygen atoms in total. The maximum atomic E-state index is 5.54. The third kappa shape index (κ3) is 5.33. The maximum absolute atomic E-state index is 5.54. The summed E-state index contributed by atoms with van der Waals surface area (Å²) in [6.45, 7) is 8.42. The van der Waals surface area contributed by atoms with E-state index >= 15 is 0 Å². The molecule has 1 aromatic heterocycles. The van der Waals surface area contributed by atoms with Crippen molar-refractivity contribution in [2.75, 3.05) is 26.7 Å². The third-order valence-corrected chi connectivity index (χ3v) is 2.54. The van der Waals surface area contributed by atoms with E-state index < -0.39 is 0 Å². The summed E-state index contributed by atoms with van der Waals surface area (Å²) in [6.07, 6.45) is 2.40. The Morgan fingerprint density at radius 3 is 2.75 bits per heavy atom. The fraction of sp³-hybridized carbons (Fsp3) is 0.692. The van der Waals surface area contributed by atoms with Crippen LogP contribution in [0.25, 0.3) is 0 Å². The number of hydrogen-bond donors (Lipinski definition) is 1. The summed E-state index contributed by atoms with van der Waals surface area (Å²) < 4.78 is 5.54. The van der Waals surface area contributed by atoms with Gasteiger partial charge in [-0.05, 0) is 58.6 Å². The molecule has 0 aliphatic carbocycles. The fourth-order valence-electron chi connectivity index (χ4n) is 1.69. The number of aryl methyl sites for hydroxylation is 1. The Balaban J connectivity index is 2.09. The topological polar surface area (TPSA) is 28.4 Å². The molecule has 3 heteroatoms. The molecule has 0 saturated heterocycles. The summed E-state index contributed by atoms with van der Waals surface area (Å²) >= 11 is 0. The van der Waals surface area contributed by atoms with Gasteiger partial charge >= 0.3 is 0 Å². The second kappa shape index (κ2) is 7.47. The highest BCUT2D eigenvalue weighted by molar-refractivity contribution is 5.05. The molecule has 1 rings (SSSR count). The van der Waals surface area contributed by atoms with Crippen LogP contribution >= 0.6 is 0 Å². The van der Waals surface area contributed by atoms with Gasteiger partial charge in [-0.25, -0.2) is 0 Å². The Labute approximate surface area is 98.8 Å². The van der Waals surface area contributed by atoms with Crippen LogP contribution in [0.2, 0.25) is 0 Å². The third-order valence-electron chi connectivity index (χ3n) is 2.54. The van der Waals surface area contributed by atoms with Crippen molar-refractivity contribution in [1.82, 2.24) is 10.2 Å². The summed E-state index contributed by atoms with van der Waals surface area (Å²) in [7, 11) is 2.14. The van der Waals surface area contributed by atoms with Crippen molar-refractivity contribution >= 4 is 0 Å². The molecule has 1 heterocycles. The zero-order chi connectivity index (χ0) is 11.8. The smallest absolute Gasteiger partial charge is 0.118 e. The molecule has 1 aromatic rings. The average molecular weight is 224 g/mol. The maximum Gasteiger partial charge on any atom is 0.118 e. The SMILES string of the molecule is CCCNCCCN(C)Cc1ccc(C)o1. The summed E-state index contributed by atoms with van der Waals surface area (Å²) in [4.78, 5) is 2.30. The van der Waals surface area contributed by atoms with Gasteiger partial charge in [-0.2, -0.15) is 0 Å². The Morgan fingerprint density at radius 1 is 1.31 bits per heavy atom. The van der Waals surface area contributed by atoms with E-state index in [1.165, 1.54) is 12.8 Å². The Kier molecular flexibility index (Phi) is 6.19. The Morgan fingerprint density at radius 2 is 2.12 bits per heavy atom. The Hall–Kier alpha value is -0.800. The van der Waals surface area contributed by atoms with Crippen molar-refractivity contribution in [3.8, 4) is 0 Å². The van der Waals surface area contributed by atoms with Gasteiger partial charge in [-0.15, -0.1) is 0 Å². The van der Waals surface area contributed by atoms with Crippen molar-refractivity contribution < 1.29 is 4.42 Å². The molecule has 0 saturated carbocycles. The second-order valence-corrected chi connectivity index (χ2v) is 4.35. The van der Waals surface area contributed by atoms with Gasteiger partial charge in [0, 0.05) is 0 Å². The predicted molar refractivity (Wildman–Crippen MR) is 67.6 cm³/mol. The lowest BCUT2D eigenvalue weighted by atomic mass is 10.3. The largest absolute Gasteiger partial charge is 0.465 e. The van der Waals surface area contributed by atoms with Gasteiger partial charge < -0.3 is 9.73 Å². The monoisotopic (exact) mass is 224 g/mol. The van der Waals surface area contributed by atoms with E-state index in [0.717, 1.165) is 37.7 Å². The Bertz CT molecular complexity index is 283. The van der Waals surface area contributed by atoms with E-state index in [4.69, 9.17) is 4.42 Å². The van der Waals surface area contributed by atoms with Gasteiger partial charge in [0.1, 0.15) is 11.5 Å². The van der Waals surface area contributed by atoms with E-state index in [2.05, 4.69) is 30.3 Å². The van der Waals surface area contributed by atoms with E-state index in [0.29, 0.717) is 0 Å². The van der Waals surface area contributed by atoms with Crippen LogP contribution in [0.4, 0.5) is 0 Å². The van der Waals surface area contributed by atoms with E-state index in [-0.39, 0.29) is 0 Å². The molecule has 0 aliphatic rings. The van der Waals surface area contributed by atoms with Crippen LogP contribution in [0.1, 0.15) is 31.3 Å². The first-order valence-corrected chi connectivity index (χ1v) is 6.17. The lowest BCUT2D eigenvalue weighted by molar-refractivity contribution is 0.287. The minimum Gasteiger partial charge on any atom is -0.465 e. The van der Waals surface area contributed by atoms with Crippen LogP contribution in [0, 0.1) is 6.92 Å². The number of furan rings is 1. The number of nitrogens with zero attached hydrogens (tertiary/aromatic N) is 1. The normalized spacial score (nSPS) is 11.2. The molecule has 0 aromatic carbocycles. The molecule has 92 valence electrons. The molecule has 0 aliphatic heterocycles. The van der Waals surface area contributed by atoms with Gasteiger partial charge in [0.2, 0.25) is 0 Å². The first kappa shape index (κ1) is 13.3. The van der Waals surface area contributed by atoms with Crippen LogP contribution in [0.15, 0.2) is 16.5 Å². The average Bonchev–Trinajstić information content (AvgIpc) is 2.63. The molecule has 16 heavy (non-hydrogen) atoms. The zero-order valence-electron chi connectivity index (χ0n) is 10.8. The number of rotatable bonds is 8.